The van der Waals surface area contributed by atoms with Crippen LogP contribution in [0.2, 0.25) is 0 Å². The molecule has 370 valence electrons. The van der Waals surface area contributed by atoms with Crippen LogP contribution in [0.15, 0.2) is 64.2 Å². The second-order valence-corrected chi connectivity index (χ2v) is 21.7. The van der Waals surface area contributed by atoms with Crippen molar-refractivity contribution in [1.29, 1.82) is 0 Å². The first kappa shape index (κ1) is 53.0. The number of quaternary nitrogens is 1. The molecule has 0 amide bonds. The molecular formula is C41H62N5O16S4+. The summed E-state index contributed by atoms with van der Waals surface area (Å²) in [6.07, 6.45) is 0.547. The number of rotatable bonds is 14. The third kappa shape index (κ3) is 12.5. The molecule has 66 heavy (non-hydrogen) atoms. The van der Waals surface area contributed by atoms with Crippen LogP contribution >= 0.6 is 43.2 Å². The highest BCUT2D eigenvalue weighted by molar-refractivity contribution is 8.78. The average molecular weight is 1010 g/mol. The maximum atomic E-state index is 14.6. The van der Waals surface area contributed by atoms with Crippen LogP contribution < -0.4 is 21.3 Å². The molecule has 2 fully saturated rings. The first-order valence-electron chi connectivity index (χ1n) is 21.7. The van der Waals surface area contributed by atoms with E-state index < -0.39 is 92.0 Å². The van der Waals surface area contributed by atoms with E-state index in [4.69, 9.17) is 29.4 Å². The lowest BCUT2D eigenvalue weighted by Gasteiger charge is -2.48. The van der Waals surface area contributed by atoms with E-state index in [1.807, 2.05) is 6.08 Å². The zero-order valence-corrected chi connectivity index (χ0v) is 39.5. The Morgan fingerprint density at radius 2 is 1.88 bits per heavy atom. The molecule has 0 radical (unpaired) electrons. The van der Waals surface area contributed by atoms with Gasteiger partial charge in [0.2, 0.25) is 12.1 Å². The molecule has 1 saturated heterocycles. The molecule has 4 bridgehead atoms. The number of allylic oxidation sites excluding steroid dienone is 1. The summed E-state index contributed by atoms with van der Waals surface area (Å²) >= 11 is 0. The number of carbonyl (C=O) groups is 2. The Hall–Kier alpha value is -2.41. The van der Waals surface area contributed by atoms with Gasteiger partial charge in [0.05, 0.1) is 48.5 Å². The van der Waals surface area contributed by atoms with E-state index in [1.165, 1.54) is 24.1 Å². The average Bonchev–Trinajstić information content (AvgIpc) is 3.68. The number of nitrogens with zero attached hydrogens (tertiary/aromatic N) is 1. The van der Waals surface area contributed by atoms with Gasteiger partial charge < -0.3 is 80.7 Å². The summed E-state index contributed by atoms with van der Waals surface area (Å²) in [4.78, 5) is 32.6. The molecule has 5 aliphatic heterocycles. The second kappa shape index (κ2) is 24.9. The van der Waals surface area contributed by atoms with Gasteiger partial charge in [-0.1, -0.05) is 67.5 Å². The van der Waals surface area contributed by atoms with Crippen LogP contribution in [0.5, 0.6) is 0 Å². The summed E-state index contributed by atoms with van der Waals surface area (Å²) in [5.41, 5.74) is 6.71. The van der Waals surface area contributed by atoms with Crippen molar-refractivity contribution in [3.05, 3.63) is 59.2 Å². The van der Waals surface area contributed by atoms with Crippen LogP contribution in [-0.4, -0.2) is 195 Å². The van der Waals surface area contributed by atoms with E-state index in [2.05, 4.69) is 15.6 Å². The van der Waals surface area contributed by atoms with Crippen molar-refractivity contribution in [3.8, 4) is 0 Å². The normalized spacial score (nSPS) is 35.7. The van der Waals surface area contributed by atoms with Crippen molar-refractivity contribution < 1.29 is 84.1 Å². The zero-order valence-electron chi connectivity index (χ0n) is 36.2. The summed E-state index contributed by atoms with van der Waals surface area (Å²) < 4.78 is 30.6. The van der Waals surface area contributed by atoms with Crippen LogP contribution in [0.4, 0.5) is 0 Å². The molecule has 0 spiro atoms. The SMILES string of the molecule is CNC(CO)OC1C(OC2OC=C3C(=O)OC4CCC(CO)C4CSSC4CSSCC=CC2C3C=CC2=C(NC(N)=NCCCO)C(C(=O)O)=C[NH+](C2)C4CO)OC(CO)C(O)C1(O)O. The van der Waals surface area contributed by atoms with E-state index in [9.17, 15) is 55.5 Å². The Balaban J connectivity index is 1.52. The standard InChI is InChI=1S/C41H61N5O16S4/c1-43-32(17-51)61-35-39(60-30(16-50)34(52)41(35,56)57)62-38-24-4-2-11-63-64-20-31-28(15-49)46-12-21(33(25(13-46)36(53)54)45-40(42)44-9-3-10-47)5-7-23(24)26(18-58-38)37(55)59-29-8-6-22(14-48)27(29)19-65-66-31/h2,4-5,7,13,18,22-24,27-32,34-35,38-39,43,47-52,56-57H,3,6,8-12,14-17,19-20H2,1H3,(H,53,54)(H3,42,44,45)/p+1. The number of aliphatic carboxylic acids is 1. The molecule has 6 rings (SSSR count). The fourth-order valence-electron chi connectivity index (χ4n) is 8.70. The molecule has 14 N–H and O–H groups in total. The van der Waals surface area contributed by atoms with Crippen LogP contribution in [0.3, 0.4) is 0 Å². The van der Waals surface area contributed by atoms with E-state index in [0.717, 1.165) is 0 Å². The minimum Gasteiger partial charge on any atom is -0.477 e. The molecule has 21 nitrogen and oxygen atoms in total. The zero-order chi connectivity index (χ0) is 47.5. The number of aliphatic hydroxyl groups is 8. The summed E-state index contributed by atoms with van der Waals surface area (Å²) in [5, 5.41) is 100. The van der Waals surface area contributed by atoms with Crippen LogP contribution in [0.25, 0.3) is 0 Å². The number of aliphatic hydroxyl groups excluding tert-OH is 6. The van der Waals surface area contributed by atoms with Crippen LogP contribution in [0, 0.1) is 23.7 Å². The number of guanidine groups is 1. The minimum atomic E-state index is -3.09. The second-order valence-electron chi connectivity index (χ2n) is 16.5. The number of likely N-dealkylation sites (N-methyl/N-ethyl adjacent to an activating group) is 1. The summed E-state index contributed by atoms with van der Waals surface area (Å²) in [7, 11) is 7.64. The highest BCUT2D eigenvalue weighted by Gasteiger charge is 2.58. The Morgan fingerprint density at radius 1 is 1.08 bits per heavy atom. The number of carboxylic acids is 1. The first-order chi connectivity index (χ1) is 31.8. The molecule has 14 atom stereocenters. The van der Waals surface area contributed by atoms with Crippen molar-refractivity contribution in [3.63, 3.8) is 0 Å². The summed E-state index contributed by atoms with van der Waals surface area (Å²) in [6, 6.07) is -0.501. The molecule has 0 aromatic heterocycles. The number of nitrogens with two attached hydrogens (primary N) is 1. The van der Waals surface area contributed by atoms with Crippen LogP contribution in [0.1, 0.15) is 19.3 Å². The number of nitrogens with one attached hydrogen (secondary N) is 3. The molecule has 5 heterocycles. The lowest BCUT2D eigenvalue weighted by Crippen LogP contribution is -3.14. The Bertz CT molecular complexity index is 1850. The number of carboxylic acid groups (broad SMARTS) is 1. The van der Waals surface area contributed by atoms with Crippen molar-refractivity contribution in [2.45, 2.75) is 79.6 Å². The Kier molecular flexibility index (Phi) is 20.0. The highest BCUT2D eigenvalue weighted by atomic mass is 33.1. The van der Waals surface area contributed by atoms with Gasteiger partial charge in [0, 0.05) is 54.4 Å². The van der Waals surface area contributed by atoms with Gasteiger partial charge in [0.15, 0.2) is 18.4 Å². The summed E-state index contributed by atoms with van der Waals surface area (Å²) in [6.45, 7) is -1.74. The van der Waals surface area contributed by atoms with E-state index in [-0.39, 0.29) is 72.8 Å². The molecule has 1 saturated carbocycles. The maximum Gasteiger partial charge on any atom is 0.343 e. The molecule has 0 aromatic carbocycles. The van der Waals surface area contributed by atoms with Gasteiger partial charge in [-0.05, 0) is 32.2 Å². The lowest BCUT2D eigenvalue weighted by molar-refractivity contribution is -0.870. The number of carbonyl (C=O) groups excluding carboxylic acids is 1. The van der Waals surface area contributed by atoms with Gasteiger partial charge in [-0.15, -0.1) is 0 Å². The predicted molar refractivity (Wildman–Crippen MR) is 246 cm³/mol. The molecule has 6 aliphatic rings. The molecule has 14 unspecified atom stereocenters. The van der Waals surface area contributed by atoms with E-state index >= 15 is 0 Å². The monoisotopic (exact) mass is 1010 g/mol. The quantitative estimate of drug-likeness (QED) is 0.0158. The third-order valence-corrected chi connectivity index (χ3v) is 17.8. The summed E-state index contributed by atoms with van der Waals surface area (Å²) in [5.74, 6) is -6.02. The molecule has 25 heteroatoms. The predicted octanol–water partition coefficient (Wildman–Crippen LogP) is -2.87. The largest absolute Gasteiger partial charge is 0.477 e. The van der Waals surface area contributed by atoms with Crippen molar-refractivity contribution in [2.24, 2.45) is 34.4 Å². The fraction of sp³-hybridized carbons (Fsp3) is 0.683. The number of fused-ring (bicyclic) bond motifs is 2. The van der Waals surface area contributed by atoms with E-state index in [0.29, 0.717) is 47.0 Å². The topological polar surface area (TPSA) is 329 Å². The number of esters is 1. The van der Waals surface area contributed by atoms with Crippen molar-refractivity contribution in [1.82, 2.24) is 10.6 Å². The molecule has 0 aromatic rings. The van der Waals surface area contributed by atoms with Gasteiger partial charge in [0.25, 0.3) is 0 Å². The third-order valence-electron chi connectivity index (χ3n) is 12.4. The number of ether oxygens (including phenoxy) is 5. The maximum absolute atomic E-state index is 14.6. The fourth-order valence-corrected chi connectivity index (χ4v) is 14.8. The van der Waals surface area contributed by atoms with Crippen LogP contribution in [-0.2, 0) is 33.3 Å². The van der Waals surface area contributed by atoms with Crippen molar-refractivity contribution in [2.75, 3.05) is 70.4 Å². The molecule has 1 aliphatic carbocycles. The van der Waals surface area contributed by atoms with Gasteiger partial charge >= 0.3 is 11.9 Å². The van der Waals surface area contributed by atoms with E-state index in [1.54, 1.807) is 56.8 Å². The number of hydrogen-bond donors (Lipinski definition) is 13. The van der Waals surface area contributed by atoms with Gasteiger partial charge in [0.1, 0.15) is 48.9 Å². The van der Waals surface area contributed by atoms with Crippen molar-refractivity contribution >= 4 is 61.1 Å². The molecular weight excluding hydrogens is 947 g/mol. The number of aliphatic imine (C=N–C) groups is 1. The van der Waals surface area contributed by atoms with Gasteiger partial charge in [-0.2, -0.15) is 0 Å². The first-order valence-corrected chi connectivity index (χ1v) is 26.5. The lowest BCUT2D eigenvalue weighted by atomic mass is 9.82. The Labute approximate surface area is 397 Å². The van der Waals surface area contributed by atoms with Gasteiger partial charge in [-0.25, -0.2) is 9.59 Å². The Morgan fingerprint density at radius 3 is 2.58 bits per heavy atom. The van der Waals surface area contributed by atoms with Gasteiger partial charge in [-0.3, -0.25) is 15.2 Å². The minimum absolute atomic E-state index is 0.0464. The highest BCUT2D eigenvalue weighted by Crippen LogP contribution is 2.44. The smallest absolute Gasteiger partial charge is 0.343 e. The number of hydrogen-bond acceptors (Lipinski definition) is 21.